The van der Waals surface area contributed by atoms with Crippen LogP contribution in [-0.2, 0) is 0 Å². The van der Waals surface area contributed by atoms with Crippen LogP contribution in [0.15, 0.2) is 24.3 Å². The molecule has 1 fully saturated rings. The van der Waals surface area contributed by atoms with Crippen LogP contribution in [0.25, 0.3) is 0 Å². The topological polar surface area (TPSA) is 21.3 Å². The van der Waals surface area contributed by atoms with E-state index in [0.717, 1.165) is 18.2 Å². The van der Waals surface area contributed by atoms with Crippen molar-refractivity contribution in [2.24, 2.45) is 5.92 Å². The third-order valence-corrected chi connectivity index (χ3v) is 4.23. The minimum atomic E-state index is 0.239. The van der Waals surface area contributed by atoms with Gasteiger partial charge >= 0.3 is 0 Å². The molecule has 112 valence electrons. The lowest BCUT2D eigenvalue weighted by molar-refractivity contribution is 0.242. The summed E-state index contributed by atoms with van der Waals surface area (Å²) >= 11 is 0. The first-order chi connectivity index (χ1) is 9.65. The van der Waals surface area contributed by atoms with Gasteiger partial charge in [0, 0.05) is 6.04 Å². The predicted octanol–water partition coefficient (Wildman–Crippen LogP) is 4.70. The molecule has 1 aromatic carbocycles. The van der Waals surface area contributed by atoms with Crippen molar-refractivity contribution in [3.63, 3.8) is 0 Å². The van der Waals surface area contributed by atoms with E-state index in [1.54, 1.807) is 0 Å². The van der Waals surface area contributed by atoms with Crippen molar-refractivity contribution in [3.05, 3.63) is 29.8 Å². The zero-order chi connectivity index (χ0) is 14.4. The van der Waals surface area contributed by atoms with Crippen molar-refractivity contribution in [1.29, 1.82) is 0 Å². The number of benzene rings is 1. The second-order valence-corrected chi connectivity index (χ2v) is 6.35. The van der Waals surface area contributed by atoms with Gasteiger partial charge in [0.15, 0.2) is 0 Å². The summed E-state index contributed by atoms with van der Waals surface area (Å²) in [7, 11) is 0. The van der Waals surface area contributed by atoms with E-state index in [2.05, 4.69) is 50.4 Å². The Morgan fingerprint density at radius 2 is 1.75 bits per heavy atom. The average Bonchev–Trinajstić information content (AvgIpc) is 2.92. The fraction of sp³-hybridized carbons (Fsp3) is 0.667. The fourth-order valence-corrected chi connectivity index (χ4v) is 3.03. The van der Waals surface area contributed by atoms with Crippen LogP contribution in [0.3, 0.4) is 0 Å². The number of nitrogens with one attached hydrogen (secondary N) is 1. The third kappa shape index (κ3) is 4.82. The van der Waals surface area contributed by atoms with Gasteiger partial charge in [0.1, 0.15) is 5.75 Å². The van der Waals surface area contributed by atoms with E-state index < -0.39 is 0 Å². The first-order valence-electron chi connectivity index (χ1n) is 8.15. The van der Waals surface area contributed by atoms with E-state index in [4.69, 9.17) is 4.74 Å². The number of ether oxygens (including phenoxy) is 1. The Labute approximate surface area is 123 Å². The molecule has 1 N–H and O–H groups in total. The summed E-state index contributed by atoms with van der Waals surface area (Å²) in [6, 6.07) is 8.91. The van der Waals surface area contributed by atoms with Gasteiger partial charge in [-0.3, -0.25) is 0 Å². The molecule has 0 spiro atoms. The van der Waals surface area contributed by atoms with Crippen LogP contribution in [-0.4, -0.2) is 12.6 Å². The van der Waals surface area contributed by atoms with Gasteiger partial charge in [-0.1, -0.05) is 37.8 Å². The van der Waals surface area contributed by atoms with Crippen molar-refractivity contribution < 1.29 is 4.74 Å². The lowest BCUT2D eigenvalue weighted by Gasteiger charge is -2.17. The molecule has 0 aromatic heterocycles. The van der Waals surface area contributed by atoms with Gasteiger partial charge in [-0.25, -0.2) is 0 Å². The van der Waals surface area contributed by atoms with Crippen LogP contribution in [0.1, 0.15) is 64.5 Å². The molecule has 1 aliphatic carbocycles. The van der Waals surface area contributed by atoms with Crippen LogP contribution < -0.4 is 10.1 Å². The van der Waals surface area contributed by atoms with Crippen molar-refractivity contribution in [2.45, 2.75) is 65.0 Å². The fourth-order valence-electron chi connectivity index (χ4n) is 3.03. The third-order valence-electron chi connectivity index (χ3n) is 4.23. The van der Waals surface area contributed by atoms with Crippen LogP contribution >= 0.6 is 0 Å². The van der Waals surface area contributed by atoms with E-state index in [1.807, 2.05) is 0 Å². The number of hydrogen-bond donors (Lipinski definition) is 1. The lowest BCUT2D eigenvalue weighted by atomic mass is 10.0. The summed E-state index contributed by atoms with van der Waals surface area (Å²) in [5, 5.41) is 3.65. The van der Waals surface area contributed by atoms with Gasteiger partial charge in [-0.2, -0.15) is 0 Å². The van der Waals surface area contributed by atoms with Crippen molar-refractivity contribution in [3.8, 4) is 5.75 Å². The van der Waals surface area contributed by atoms with Gasteiger partial charge in [-0.05, 0) is 57.4 Å². The van der Waals surface area contributed by atoms with Gasteiger partial charge < -0.3 is 10.1 Å². The molecular weight excluding hydrogens is 246 g/mol. The highest BCUT2D eigenvalue weighted by Crippen LogP contribution is 2.27. The minimum absolute atomic E-state index is 0.239. The normalized spacial score (nSPS) is 17.6. The van der Waals surface area contributed by atoms with Gasteiger partial charge in [0.2, 0.25) is 0 Å². The highest BCUT2D eigenvalue weighted by Gasteiger charge is 2.14. The predicted molar refractivity (Wildman–Crippen MR) is 85.2 cm³/mol. The molecule has 2 nitrogen and oxygen atoms in total. The van der Waals surface area contributed by atoms with Crippen molar-refractivity contribution in [1.82, 2.24) is 5.32 Å². The molecule has 1 saturated carbocycles. The number of hydrogen-bond acceptors (Lipinski definition) is 2. The summed E-state index contributed by atoms with van der Waals surface area (Å²) in [5.41, 5.74) is 1.34. The van der Waals surface area contributed by atoms with E-state index in [-0.39, 0.29) is 6.10 Å². The van der Waals surface area contributed by atoms with E-state index >= 15 is 0 Å². The Morgan fingerprint density at radius 1 is 1.10 bits per heavy atom. The largest absolute Gasteiger partial charge is 0.491 e. The quantitative estimate of drug-likeness (QED) is 0.778. The highest BCUT2D eigenvalue weighted by molar-refractivity contribution is 5.29. The molecule has 2 heteroatoms. The second kappa shape index (κ2) is 7.68. The van der Waals surface area contributed by atoms with Crippen LogP contribution in [0.2, 0.25) is 0 Å². The molecule has 0 radical (unpaired) electrons. The molecule has 2 rings (SSSR count). The standard InChI is InChI=1S/C18H29NO/c1-14(2)20-18-10-8-17(9-11-18)15(3)19-13-12-16-6-4-5-7-16/h8-11,14-16,19H,4-7,12-13H2,1-3H3. The van der Waals surface area contributed by atoms with E-state index in [9.17, 15) is 0 Å². The molecule has 0 saturated heterocycles. The Morgan fingerprint density at radius 3 is 2.35 bits per heavy atom. The first kappa shape index (κ1) is 15.4. The molecule has 0 heterocycles. The maximum Gasteiger partial charge on any atom is 0.119 e. The van der Waals surface area contributed by atoms with E-state index in [0.29, 0.717) is 6.04 Å². The monoisotopic (exact) mass is 275 g/mol. The Hall–Kier alpha value is -1.02. The highest BCUT2D eigenvalue weighted by atomic mass is 16.5. The first-order valence-corrected chi connectivity index (χ1v) is 8.15. The van der Waals surface area contributed by atoms with Crippen molar-refractivity contribution >= 4 is 0 Å². The smallest absolute Gasteiger partial charge is 0.119 e. The molecule has 1 aliphatic rings. The van der Waals surface area contributed by atoms with Crippen LogP contribution in [0.4, 0.5) is 0 Å². The molecule has 0 aliphatic heterocycles. The van der Waals surface area contributed by atoms with Crippen LogP contribution in [0.5, 0.6) is 5.75 Å². The van der Waals surface area contributed by atoms with Gasteiger partial charge in [0.05, 0.1) is 6.10 Å². The van der Waals surface area contributed by atoms with Crippen LogP contribution in [0, 0.1) is 5.92 Å². The Bertz CT molecular complexity index is 379. The molecule has 1 aromatic rings. The zero-order valence-electron chi connectivity index (χ0n) is 13.2. The summed E-state index contributed by atoms with van der Waals surface area (Å²) in [4.78, 5) is 0. The molecule has 0 bridgehead atoms. The maximum atomic E-state index is 5.68. The minimum Gasteiger partial charge on any atom is -0.491 e. The lowest BCUT2D eigenvalue weighted by Crippen LogP contribution is -2.21. The second-order valence-electron chi connectivity index (χ2n) is 6.35. The van der Waals surface area contributed by atoms with Gasteiger partial charge in [-0.15, -0.1) is 0 Å². The van der Waals surface area contributed by atoms with Crippen molar-refractivity contribution in [2.75, 3.05) is 6.54 Å². The molecule has 0 amide bonds. The average molecular weight is 275 g/mol. The molecule has 1 atom stereocenters. The maximum absolute atomic E-state index is 5.68. The zero-order valence-corrected chi connectivity index (χ0v) is 13.2. The van der Waals surface area contributed by atoms with E-state index in [1.165, 1.54) is 37.7 Å². The molecule has 20 heavy (non-hydrogen) atoms. The Kier molecular flexibility index (Phi) is 5.90. The summed E-state index contributed by atoms with van der Waals surface area (Å²) in [6.07, 6.45) is 7.34. The van der Waals surface area contributed by atoms with Gasteiger partial charge in [0.25, 0.3) is 0 Å². The molecular formula is C18H29NO. The Balaban J connectivity index is 1.75. The summed E-state index contributed by atoms with van der Waals surface area (Å²) in [6.45, 7) is 7.49. The summed E-state index contributed by atoms with van der Waals surface area (Å²) in [5.74, 6) is 1.93. The summed E-state index contributed by atoms with van der Waals surface area (Å²) < 4.78 is 5.68. The molecule has 1 unspecified atom stereocenters. The number of rotatable bonds is 7. The SMILES string of the molecule is CC(C)Oc1ccc(C(C)NCCC2CCCC2)cc1.